The Kier molecular flexibility index (Phi) is 2.05. The van der Waals surface area contributed by atoms with E-state index in [1.54, 1.807) is 17.8 Å². The van der Waals surface area contributed by atoms with E-state index in [9.17, 15) is 0 Å². The van der Waals surface area contributed by atoms with Crippen LogP contribution >= 0.6 is 0 Å². The van der Waals surface area contributed by atoms with Crippen LogP contribution in [0, 0.1) is 6.92 Å². The fraction of sp³-hybridized carbons (Fsp3) is 0.375. The first kappa shape index (κ1) is 8.89. The molecule has 6 heteroatoms. The van der Waals surface area contributed by atoms with Crippen molar-refractivity contribution < 1.29 is 4.52 Å². The Hall–Kier alpha value is -1.69. The molecule has 14 heavy (non-hydrogen) atoms. The van der Waals surface area contributed by atoms with Gasteiger partial charge in [-0.1, -0.05) is 5.16 Å². The summed E-state index contributed by atoms with van der Waals surface area (Å²) in [5.74, 6) is 0.995. The van der Waals surface area contributed by atoms with Gasteiger partial charge in [0, 0.05) is 25.7 Å². The molecule has 0 aliphatic carbocycles. The van der Waals surface area contributed by atoms with Gasteiger partial charge in [-0.25, -0.2) is 0 Å². The first-order valence-electron chi connectivity index (χ1n) is 4.21. The first-order valence-corrected chi connectivity index (χ1v) is 4.21. The molecule has 2 heterocycles. The number of hydrogen-bond acceptors (Lipinski definition) is 5. The zero-order valence-electron chi connectivity index (χ0n) is 8.01. The van der Waals surface area contributed by atoms with Crippen LogP contribution in [-0.2, 0) is 7.05 Å². The Balaban J connectivity index is 2.28. The second kappa shape index (κ2) is 3.22. The lowest BCUT2D eigenvalue weighted by molar-refractivity contribution is 0.385. The summed E-state index contributed by atoms with van der Waals surface area (Å²) in [6.07, 6.45) is 3.52. The molecule has 0 fully saturated rings. The summed E-state index contributed by atoms with van der Waals surface area (Å²) in [5, 5.41) is 7.77. The lowest BCUT2D eigenvalue weighted by Gasteiger charge is -2.01. The molecular formula is C8H11N5O. The van der Waals surface area contributed by atoms with Crippen LogP contribution in [0.15, 0.2) is 16.9 Å². The van der Waals surface area contributed by atoms with Gasteiger partial charge < -0.3 is 10.3 Å². The van der Waals surface area contributed by atoms with E-state index in [1.165, 1.54) is 0 Å². The molecular weight excluding hydrogens is 182 g/mol. The summed E-state index contributed by atoms with van der Waals surface area (Å²) in [6.45, 7) is 1.73. The average Bonchev–Trinajstić information content (AvgIpc) is 2.73. The van der Waals surface area contributed by atoms with Gasteiger partial charge in [0.05, 0.1) is 12.2 Å². The lowest BCUT2D eigenvalue weighted by Crippen LogP contribution is -2.12. The van der Waals surface area contributed by atoms with Gasteiger partial charge in [0.25, 0.3) is 0 Å². The van der Waals surface area contributed by atoms with E-state index in [1.807, 2.05) is 13.2 Å². The van der Waals surface area contributed by atoms with E-state index in [4.69, 9.17) is 10.3 Å². The largest absolute Gasteiger partial charge is 0.340 e. The molecule has 0 aliphatic heterocycles. The van der Waals surface area contributed by atoms with E-state index in [-0.39, 0.29) is 6.04 Å². The van der Waals surface area contributed by atoms with Crippen molar-refractivity contribution in [1.82, 2.24) is 19.9 Å². The fourth-order valence-electron chi connectivity index (χ4n) is 1.19. The van der Waals surface area contributed by atoms with Crippen molar-refractivity contribution >= 4 is 0 Å². The molecule has 0 unspecified atom stereocenters. The number of hydrogen-bond donors (Lipinski definition) is 1. The Morgan fingerprint density at radius 3 is 2.86 bits per heavy atom. The third kappa shape index (κ3) is 1.51. The van der Waals surface area contributed by atoms with Crippen molar-refractivity contribution in [3.63, 3.8) is 0 Å². The predicted octanol–water partition coefficient (Wildman–Crippen LogP) is 0.160. The van der Waals surface area contributed by atoms with Gasteiger partial charge in [-0.15, -0.1) is 0 Å². The second-order valence-electron chi connectivity index (χ2n) is 3.10. The van der Waals surface area contributed by atoms with Gasteiger partial charge in [0.1, 0.15) is 0 Å². The highest BCUT2D eigenvalue weighted by atomic mass is 16.5. The van der Waals surface area contributed by atoms with Crippen LogP contribution in [0.1, 0.15) is 23.3 Å². The standard InChI is InChI=1S/C8H11N5O/c1-5-11-8(12-14-5)7(9)6-3-10-13(2)4-6/h3-4,7H,9H2,1-2H3/t7-/m1/s1. The van der Waals surface area contributed by atoms with Crippen LogP contribution in [0.3, 0.4) is 0 Å². The van der Waals surface area contributed by atoms with Crippen LogP contribution in [-0.4, -0.2) is 19.9 Å². The van der Waals surface area contributed by atoms with Gasteiger partial charge in [-0.2, -0.15) is 10.1 Å². The van der Waals surface area contributed by atoms with Gasteiger partial charge in [-0.05, 0) is 0 Å². The van der Waals surface area contributed by atoms with Crippen LogP contribution < -0.4 is 5.73 Å². The van der Waals surface area contributed by atoms with E-state index < -0.39 is 0 Å². The number of rotatable bonds is 2. The SMILES string of the molecule is Cc1nc([C@H](N)c2cnn(C)c2)no1. The van der Waals surface area contributed by atoms with Crippen LogP contribution in [0.5, 0.6) is 0 Å². The summed E-state index contributed by atoms with van der Waals surface area (Å²) in [4.78, 5) is 4.06. The predicted molar refractivity (Wildman–Crippen MR) is 48.3 cm³/mol. The van der Waals surface area contributed by atoms with Crippen molar-refractivity contribution in [2.75, 3.05) is 0 Å². The number of aryl methyl sites for hydroxylation is 2. The monoisotopic (exact) mass is 193 g/mol. The summed E-state index contributed by atoms with van der Waals surface area (Å²) >= 11 is 0. The highest BCUT2D eigenvalue weighted by Gasteiger charge is 2.15. The fourth-order valence-corrected chi connectivity index (χ4v) is 1.19. The second-order valence-corrected chi connectivity index (χ2v) is 3.10. The van der Waals surface area contributed by atoms with E-state index in [2.05, 4.69) is 15.2 Å². The molecule has 2 aromatic heterocycles. The maximum absolute atomic E-state index is 5.90. The summed E-state index contributed by atoms with van der Waals surface area (Å²) < 4.78 is 6.53. The third-order valence-corrected chi connectivity index (χ3v) is 1.91. The Morgan fingerprint density at radius 1 is 1.57 bits per heavy atom. The minimum absolute atomic E-state index is 0.374. The van der Waals surface area contributed by atoms with Crippen molar-refractivity contribution in [2.45, 2.75) is 13.0 Å². The molecule has 0 bridgehead atoms. The summed E-state index contributed by atoms with van der Waals surface area (Å²) in [7, 11) is 1.83. The molecule has 0 radical (unpaired) electrons. The van der Waals surface area contributed by atoms with Crippen molar-refractivity contribution in [3.8, 4) is 0 Å². The van der Waals surface area contributed by atoms with Crippen molar-refractivity contribution in [2.24, 2.45) is 12.8 Å². The minimum atomic E-state index is -0.374. The van der Waals surface area contributed by atoms with Gasteiger partial charge in [-0.3, -0.25) is 4.68 Å². The quantitative estimate of drug-likeness (QED) is 0.734. The zero-order chi connectivity index (χ0) is 10.1. The number of nitrogens with zero attached hydrogens (tertiary/aromatic N) is 4. The number of aromatic nitrogens is 4. The molecule has 6 nitrogen and oxygen atoms in total. The molecule has 0 aliphatic rings. The summed E-state index contributed by atoms with van der Waals surface area (Å²) in [5.41, 5.74) is 6.77. The smallest absolute Gasteiger partial charge is 0.223 e. The Labute approximate surface area is 80.7 Å². The van der Waals surface area contributed by atoms with Crippen molar-refractivity contribution in [3.05, 3.63) is 29.7 Å². The molecule has 0 saturated heterocycles. The topological polar surface area (TPSA) is 82.8 Å². The van der Waals surface area contributed by atoms with E-state index >= 15 is 0 Å². The zero-order valence-corrected chi connectivity index (χ0v) is 8.01. The highest BCUT2D eigenvalue weighted by molar-refractivity contribution is 5.17. The minimum Gasteiger partial charge on any atom is -0.340 e. The molecule has 0 spiro atoms. The first-order chi connectivity index (χ1) is 6.66. The molecule has 2 aromatic rings. The Bertz CT molecular complexity index is 392. The third-order valence-electron chi connectivity index (χ3n) is 1.91. The Morgan fingerprint density at radius 2 is 2.36 bits per heavy atom. The maximum Gasteiger partial charge on any atom is 0.223 e. The van der Waals surface area contributed by atoms with E-state index in [0.29, 0.717) is 11.7 Å². The maximum atomic E-state index is 5.90. The van der Waals surface area contributed by atoms with E-state index in [0.717, 1.165) is 5.56 Å². The molecule has 2 rings (SSSR count). The van der Waals surface area contributed by atoms with Crippen LogP contribution in [0.4, 0.5) is 0 Å². The van der Waals surface area contributed by atoms with Gasteiger partial charge in [0.2, 0.25) is 5.89 Å². The molecule has 0 aromatic carbocycles. The molecule has 0 saturated carbocycles. The van der Waals surface area contributed by atoms with Crippen LogP contribution in [0.25, 0.3) is 0 Å². The highest BCUT2D eigenvalue weighted by Crippen LogP contribution is 2.15. The van der Waals surface area contributed by atoms with Gasteiger partial charge in [0.15, 0.2) is 5.82 Å². The normalized spacial score (nSPS) is 13.1. The number of nitrogens with two attached hydrogens (primary N) is 1. The molecule has 74 valence electrons. The van der Waals surface area contributed by atoms with Gasteiger partial charge >= 0.3 is 0 Å². The summed E-state index contributed by atoms with van der Waals surface area (Å²) in [6, 6.07) is -0.374. The lowest BCUT2D eigenvalue weighted by atomic mass is 10.2. The molecule has 0 amide bonds. The van der Waals surface area contributed by atoms with Crippen LogP contribution in [0.2, 0.25) is 0 Å². The molecule has 1 atom stereocenters. The average molecular weight is 193 g/mol. The van der Waals surface area contributed by atoms with Crippen molar-refractivity contribution in [1.29, 1.82) is 0 Å². The molecule has 2 N–H and O–H groups in total.